The van der Waals surface area contributed by atoms with Gasteiger partial charge in [0.1, 0.15) is 0 Å². The minimum Gasteiger partial charge on any atom is -0.376 e. The number of rotatable bonds is 5. The zero-order valence-corrected chi connectivity index (χ0v) is 15.5. The number of para-hydroxylation sites is 1. The van der Waals surface area contributed by atoms with Crippen LogP contribution in [0.5, 0.6) is 0 Å². The third kappa shape index (κ3) is 3.86. The molecule has 27 heavy (non-hydrogen) atoms. The van der Waals surface area contributed by atoms with Gasteiger partial charge in [0, 0.05) is 34.6 Å². The summed E-state index contributed by atoms with van der Waals surface area (Å²) in [5.41, 5.74) is 3.13. The molecule has 4 rings (SSSR count). The summed E-state index contributed by atoms with van der Waals surface area (Å²) in [5.74, 6) is -0.241. The molecule has 2 heterocycles. The summed E-state index contributed by atoms with van der Waals surface area (Å²) in [6.07, 6.45) is 1.43. The molecule has 3 aromatic rings. The summed E-state index contributed by atoms with van der Waals surface area (Å²) >= 11 is 6.48. The summed E-state index contributed by atoms with van der Waals surface area (Å²) in [5, 5.41) is 4.81. The molecular weight excluding hydrogens is 364 g/mol. The molecule has 2 N–H and O–H groups in total. The van der Waals surface area contributed by atoms with E-state index in [2.05, 4.69) is 16.4 Å². The monoisotopic (exact) mass is 384 g/mol. The number of hydrogen-bond donors (Lipinski definition) is 2. The van der Waals surface area contributed by atoms with Crippen molar-refractivity contribution in [2.24, 2.45) is 0 Å². The Morgan fingerprint density at radius 3 is 2.78 bits per heavy atom. The molecule has 0 aliphatic carbocycles. The normalized spacial score (nSPS) is 18.3. The van der Waals surface area contributed by atoms with Gasteiger partial charge in [-0.3, -0.25) is 4.79 Å². The van der Waals surface area contributed by atoms with Gasteiger partial charge in [-0.05, 0) is 23.3 Å². The van der Waals surface area contributed by atoms with Crippen molar-refractivity contribution in [2.75, 3.05) is 26.4 Å². The van der Waals surface area contributed by atoms with E-state index in [0.717, 1.165) is 22.0 Å². The molecule has 0 unspecified atom stereocenters. The molecule has 0 spiro atoms. The zero-order valence-electron chi connectivity index (χ0n) is 14.8. The molecule has 1 amide bonds. The molecule has 2 aromatic carbocycles. The molecule has 0 saturated carbocycles. The number of nitrogens with one attached hydrogen (secondary N) is 2. The Hall–Kier alpha value is -2.34. The molecule has 6 heteroatoms. The van der Waals surface area contributed by atoms with Crippen LogP contribution < -0.4 is 5.32 Å². The minimum atomic E-state index is -0.561. The van der Waals surface area contributed by atoms with E-state index in [1.807, 2.05) is 48.7 Å². The van der Waals surface area contributed by atoms with Crippen LogP contribution in [0.4, 0.5) is 0 Å². The Bertz CT molecular complexity index is 934. The Balaban J connectivity index is 1.62. The van der Waals surface area contributed by atoms with Crippen molar-refractivity contribution in [2.45, 2.75) is 12.0 Å². The highest BCUT2D eigenvalue weighted by molar-refractivity contribution is 6.31. The quantitative estimate of drug-likeness (QED) is 0.707. The highest BCUT2D eigenvalue weighted by atomic mass is 35.5. The van der Waals surface area contributed by atoms with Crippen LogP contribution in [0.15, 0.2) is 54.7 Å². The number of fused-ring (bicyclic) bond motifs is 1. The van der Waals surface area contributed by atoms with E-state index in [0.29, 0.717) is 24.8 Å². The highest BCUT2D eigenvalue weighted by Crippen LogP contribution is 2.34. The second-order valence-corrected chi connectivity index (χ2v) is 6.95. The van der Waals surface area contributed by atoms with Crippen molar-refractivity contribution in [3.8, 4) is 0 Å². The fraction of sp³-hybridized carbons (Fsp3) is 0.286. The number of carbonyl (C=O) groups excluding carboxylic acids is 1. The van der Waals surface area contributed by atoms with Gasteiger partial charge in [0.2, 0.25) is 0 Å². The van der Waals surface area contributed by atoms with Crippen molar-refractivity contribution in [3.63, 3.8) is 0 Å². The molecule has 2 atom stereocenters. The van der Waals surface area contributed by atoms with Crippen LogP contribution in [0.25, 0.3) is 10.9 Å². The first kappa shape index (κ1) is 18.0. The highest BCUT2D eigenvalue weighted by Gasteiger charge is 2.25. The van der Waals surface area contributed by atoms with Crippen molar-refractivity contribution in [1.82, 2.24) is 10.3 Å². The lowest BCUT2D eigenvalue weighted by atomic mass is 9.90. The fourth-order valence-electron chi connectivity index (χ4n) is 3.48. The zero-order chi connectivity index (χ0) is 18.6. The Kier molecular flexibility index (Phi) is 5.43. The van der Waals surface area contributed by atoms with Crippen LogP contribution in [0.2, 0.25) is 5.02 Å². The van der Waals surface area contributed by atoms with Gasteiger partial charge in [-0.15, -0.1) is 0 Å². The molecule has 0 bridgehead atoms. The number of halogens is 1. The van der Waals surface area contributed by atoms with E-state index in [-0.39, 0.29) is 18.4 Å². The fourth-order valence-corrected chi connectivity index (χ4v) is 3.75. The van der Waals surface area contributed by atoms with E-state index >= 15 is 0 Å². The average molecular weight is 385 g/mol. The van der Waals surface area contributed by atoms with Gasteiger partial charge in [-0.25, -0.2) is 0 Å². The number of H-pyrrole nitrogens is 1. The average Bonchev–Trinajstić information content (AvgIpc) is 3.14. The number of aromatic nitrogens is 1. The van der Waals surface area contributed by atoms with Gasteiger partial charge in [0.25, 0.3) is 5.91 Å². The second kappa shape index (κ2) is 8.13. The van der Waals surface area contributed by atoms with E-state index < -0.39 is 6.10 Å². The maximum absolute atomic E-state index is 12.5. The molecule has 140 valence electrons. The lowest BCUT2D eigenvalue weighted by Crippen LogP contribution is -2.44. The second-order valence-electron chi connectivity index (χ2n) is 6.54. The molecule has 1 aliphatic heterocycles. The van der Waals surface area contributed by atoms with Crippen LogP contribution in [0.3, 0.4) is 0 Å². The summed E-state index contributed by atoms with van der Waals surface area (Å²) in [6.45, 7) is 1.68. The van der Waals surface area contributed by atoms with Gasteiger partial charge < -0.3 is 19.8 Å². The summed E-state index contributed by atoms with van der Waals surface area (Å²) in [4.78, 5) is 15.8. The molecule has 1 saturated heterocycles. The predicted octanol–water partition coefficient (Wildman–Crippen LogP) is 3.48. The first-order valence-corrected chi connectivity index (χ1v) is 9.39. The largest absolute Gasteiger partial charge is 0.376 e. The topological polar surface area (TPSA) is 63.4 Å². The van der Waals surface area contributed by atoms with E-state index in [9.17, 15) is 4.79 Å². The summed E-state index contributed by atoms with van der Waals surface area (Å²) in [7, 11) is 0. The Morgan fingerprint density at radius 1 is 1.15 bits per heavy atom. The van der Waals surface area contributed by atoms with Gasteiger partial charge >= 0.3 is 0 Å². The standard InChI is InChI=1S/C21H21ClN2O3/c22-18-7-3-1-5-14(18)16(12-24-21(25)20-13-26-9-10-27-20)17-11-23-19-8-4-2-6-15(17)19/h1-8,11,16,20,23H,9-10,12-13H2,(H,24,25)/t16-,20+/m1/s1. The van der Waals surface area contributed by atoms with Gasteiger partial charge in [0.05, 0.1) is 19.8 Å². The van der Waals surface area contributed by atoms with Crippen LogP contribution in [-0.4, -0.2) is 43.4 Å². The smallest absolute Gasteiger partial charge is 0.251 e. The van der Waals surface area contributed by atoms with Crippen LogP contribution in [0, 0.1) is 0 Å². The van der Waals surface area contributed by atoms with E-state index in [4.69, 9.17) is 21.1 Å². The number of amides is 1. The van der Waals surface area contributed by atoms with Crippen molar-refractivity contribution < 1.29 is 14.3 Å². The maximum Gasteiger partial charge on any atom is 0.251 e. The number of carbonyl (C=O) groups is 1. The molecule has 1 aliphatic rings. The van der Waals surface area contributed by atoms with Crippen LogP contribution in [-0.2, 0) is 14.3 Å². The lowest BCUT2D eigenvalue weighted by molar-refractivity contribution is -0.147. The molecule has 1 aromatic heterocycles. The number of hydrogen-bond acceptors (Lipinski definition) is 3. The lowest BCUT2D eigenvalue weighted by Gasteiger charge is -2.24. The summed E-state index contributed by atoms with van der Waals surface area (Å²) < 4.78 is 10.8. The first-order chi connectivity index (χ1) is 13.2. The third-order valence-electron chi connectivity index (χ3n) is 4.87. The number of ether oxygens (including phenoxy) is 2. The molecule has 1 fully saturated rings. The van der Waals surface area contributed by atoms with Crippen molar-refractivity contribution in [1.29, 1.82) is 0 Å². The Morgan fingerprint density at radius 2 is 1.96 bits per heavy atom. The first-order valence-electron chi connectivity index (χ1n) is 9.01. The van der Waals surface area contributed by atoms with Gasteiger partial charge in [0.15, 0.2) is 6.10 Å². The van der Waals surface area contributed by atoms with E-state index in [1.54, 1.807) is 0 Å². The van der Waals surface area contributed by atoms with Crippen molar-refractivity contribution >= 4 is 28.4 Å². The van der Waals surface area contributed by atoms with E-state index in [1.165, 1.54) is 0 Å². The van der Waals surface area contributed by atoms with Crippen LogP contribution in [0.1, 0.15) is 17.0 Å². The van der Waals surface area contributed by atoms with Crippen molar-refractivity contribution in [3.05, 3.63) is 70.9 Å². The molecule has 5 nitrogen and oxygen atoms in total. The molecular formula is C21H21ClN2O3. The van der Waals surface area contributed by atoms with Gasteiger partial charge in [-0.1, -0.05) is 48.0 Å². The predicted molar refractivity (Wildman–Crippen MR) is 105 cm³/mol. The summed E-state index contributed by atoms with van der Waals surface area (Å²) in [6, 6.07) is 15.9. The minimum absolute atomic E-state index is 0.0803. The maximum atomic E-state index is 12.5. The number of benzene rings is 2. The SMILES string of the molecule is O=C(NC[C@H](c1ccccc1Cl)c1c[nH]c2ccccc12)[C@@H]1COCCO1. The molecule has 0 radical (unpaired) electrons. The van der Waals surface area contributed by atoms with Gasteiger partial charge in [-0.2, -0.15) is 0 Å². The Labute approximate surface area is 162 Å². The third-order valence-corrected chi connectivity index (χ3v) is 5.21. The van der Waals surface area contributed by atoms with Crippen LogP contribution >= 0.6 is 11.6 Å². The number of aromatic amines is 1.